The van der Waals surface area contributed by atoms with E-state index in [9.17, 15) is 0 Å². The second kappa shape index (κ2) is 5.50. The summed E-state index contributed by atoms with van der Waals surface area (Å²) in [7, 11) is 0. The summed E-state index contributed by atoms with van der Waals surface area (Å²) >= 11 is 6.33. The lowest BCUT2D eigenvalue weighted by molar-refractivity contribution is -0.0749. The average Bonchev–Trinajstić information content (AvgIpc) is 2.35. The Morgan fingerprint density at radius 3 is 2.80 bits per heavy atom. The number of hydrogen-bond donors (Lipinski definition) is 2. The molecule has 1 heterocycles. The summed E-state index contributed by atoms with van der Waals surface area (Å²) in [4.78, 5) is 2.20. The molecule has 20 heavy (non-hydrogen) atoms. The lowest BCUT2D eigenvalue weighted by Crippen LogP contribution is -2.52. The molecule has 0 radical (unpaired) electrons. The highest BCUT2D eigenvalue weighted by Gasteiger charge is 2.32. The van der Waals surface area contributed by atoms with Crippen LogP contribution in [-0.2, 0) is 4.74 Å². The van der Waals surface area contributed by atoms with Gasteiger partial charge in [0.1, 0.15) is 0 Å². The third-order valence-electron chi connectivity index (χ3n) is 3.26. The van der Waals surface area contributed by atoms with Crippen LogP contribution >= 0.6 is 11.6 Å². The molecule has 2 rings (SSSR count). The van der Waals surface area contributed by atoms with Gasteiger partial charge in [-0.2, -0.15) is 0 Å². The Morgan fingerprint density at radius 1 is 1.55 bits per heavy atom. The summed E-state index contributed by atoms with van der Waals surface area (Å²) in [5.74, 6) is 0.0501. The van der Waals surface area contributed by atoms with E-state index in [1.807, 2.05) is 13.0 Å². The van der Waals surface area contributed by atoms with Crippen molar-refractivity contribution < 1.29 is 9.94 Å². The second-order valence-corrected chi connectivity index (χ2v) is 6.13. The topological polar surface area (TPSA) is 71.1 Å². The van der Waals surface area contributed by atoms with Crippen molar-refractivity contribution in [3.8, 4) is 0 Å². The van der Waals surface area contributed by atoms with Gasteiger partial charge in [-0.3, -0.25) is 0 Å². The van der Waals surface area contributed by atoms with Gasteiger partial charge in [-0.1, -0.05) is 16.8 Å². The van der Waals surface area contributed by atoms with E-state index in [2.05, 4.69) is 23.9 Å². The van der Waals surface area contributed by atoms with Crippen LogP contribution < -0.4 is 10.6 Å². The van der Waals surface area contributed by atoms with Crippen molar-refractivity contribution >= 4 is 23.1 Å². The third-order valence-corrected chi connectivity index (χ3v) is 3.56. The van der Waals surface area contributed by atoms with Gasteiger partial charge in [0, 0.05) is 18.7 Å². The molecule has 0 spiro atoms. The molecular weight excluding hydrogens is 278 g/mol. The molecular formula is C14H20ClN3O2. The molecule has 3 N–H and O–H groups in total. The summed E-state index contributed by atoms with van der Waals surface area (Å²) in [5, 5.41) is 12.3. The lowest BCUT2D eigenvalue weighted by atomic mass is 10.0. The highest BCUT2D eigenvalue weighted by Crippen LogP contribution is 2.31. The molecule has 0 aromatic heterocycles. The molecule has 1 aromatic carbocycles. The quantitative estimate of drug-likeness (QED) is 0.381. The highest BCUT2D eigenvalue weighted by atomic mass is 35.5. The first-order valence-electron chi connectivity index (χ1n) is 6.52. The Bertz CT molecular complexity index is 531. The minimum absolute atomic E-state index is 0.0501. The standard InChI is InChI=1S/C14H20ClN3O2/c1-9-7-18(8-14(2,3)20-9)12-5-4-10(6-11(12)15)13(16)17-19/h4-6,9,19H,7-8H2,1-3H3,(H2,16,17). The third kappa shape index (κ3) is 3.16. The van der Waals surface area contributed by atoms with Crippen LogP contribution in [0.2, 0.25) is 5.02 Å². The van der Waals surface area contributed by atoms with E-state index in [1.54, 1.807) is 12.1 Å². The predicted octanol–water partition coefficient (Wildman–Crippen LogP) is 2.44. The molecule has 0 saturated carbocycles. The maximum absolute atomic E-state index is 8.69. The van der Waals surface area contributed by atoms with Crippen LogP contribution in [0.25, 0.3) is 0 Å². The number of nitrogens with two attached hydrogens (primary N) is 1. The number of benzene rings is 1. The van der Waals surface area contributed by atoms with E-state index in [1.165, 1.54) is 0 Å². The van der Waals surface area contributed by atoms with Gasteiger partial charge in [0.2, 0.25) is 0 Å². The molecule has 1 aromatic rings. The van der Waals surface area contributed by atoms with E-state index < -0.39 is 0 Å². The number of morpholine rings is 1. The van der Waals surface area contributed by atoms with Crippen LogP contribution in [0.4, 0.5) is 5.69 Å². The van der Waals surface area contributed by atoms with Crippen LogP contribution in [0, 0.1) is 0 Å². The van der Waals surface area contributed by atoms with Gasteiger partial charge in [0.15, 0.2) is 5.84 Å². The van der Waals surface area contributed by atoms with Crippen molar-refractivity contribution in [1.29, 1.82) is 0 Å². The van der Waals surface area contributed by atoms with Gasteiger partial charge in [-0.15, -0.1) is 0 Å². The zero-order chi connectivity index (χ0) is 14.9. The van der Waals surface area contributed by atoms with Crippen molar-refractivity contribution in [2.45, 2.75) is 32.5 Å². The molecule has 0 aliphatic carbocycles. The number of rotatable bonds is 2. The van der Waals surface area contributed by atoms with Crippen LogP contribution in [0.5, 0.6) is 0 Å². The summed E-state index contributed by atoms with van der Waals surface area (Å²) in [5.41, 5.74) is 6.88. The fourth-order valence-corrected chi connectivity index (χ4v) is 2.92. The van der Waals surface area contributed by atoms with Crippen molar-refractivity contribution in [3.05, 3.63) is 28.8 Å². The maximum Gasteiger partial charge on any atom is 0.170 e. The minimum atomic E-state index is -0.217. The van der Waals surface area contributed by atoms with Crippen molar-refractivity contribution in [3.63, 3.8) is 0 Å². The number of ether oxygens (including phenoxy) is 1. The first-order chi connectivity index (χ1) is 9.32. The fourth-order valence-electron chi connectivity index (χ4n) is 2.62. The molecule has 110 valence electrons. The van der Waals surface area contributed by atoms with E-state index in [4.69, 9.17) is 27.3 Å². The van der Waals surface area contributed by atoms with E-state index >= 15 is 0 Å². The normalized spacial score (nSPS) is 22.9. The lowest BCUT2D eigenvalue weighted by Gasteiger charge is -2.43. The van der Waals surface area contributed by atoms with Crippen LogP contribution in [0.15, 0.2) is 23.4 Å². The van der Waals surface area contributed by atoms with E-state index in [-0.39, 0.29) is 17.5 Å². The Kier molecular flexibility index (Phi) is 4.11. The maximum atomic E-state index is 8.69. The number of halogens is 1. The summed E-state index contributed by atoms with van der Waals surface area (Å²) < 4.78 is 5.89. The molecule has 1 aliphatic rings. The number of anilines is 1. The average molecular weight is 298 g/mol. The van der Waals surface area contributed by atoms with Gasteiger partial charge in [-0.25, -0.2) is 0 Å². The molecule has 1 aliphatic heterocycles. The van der Waals surface area contributed by atoms with Gasteiger partial charge >= 0.3 is 0 Å². The molecule has 0 bridgehead atoms. The molecule has 1 saturated heterocycles. The van der Waals surface area contributed by atoms with Crippen LogP contribution in [0.1, 0.15) is 26.3 Å². The van der Waals surface area contributed by atoms with Gasteiger partial charge in [0.05, 0.1) is 22.4 Å². The van der Waals surface area contributed by atoms with Crippen molar-refractivity contribution in [2.24, 2.45) is 10.9 Å². The zero-order valence-corrected chi connectivity index (χ0v) is 12.7. The van der Waals surface area contributed by atoms with Gasteiger partial charge in [0.25, 0.3) is 0 Å². The molecule has 1 unspecified atom stereocenters. The summed E-state index contributed by atoms with van der Waals surface area (Å²) in [6.45, 7) is 7.72. The highest BCUT2D eigenvalue weighted by molar-refractivity contribution is 6.33. The van der Waals surface area contributed by atoms with Crippen LogP contribution in [-0.4, -0.2) is 35.8 Å². The van der Waals surface area contributed by atoms with Crippen molar-refractivity contribution in [1.82, 2.24) is 0 Å². The smallest absolute Gasteiger partial charge is 0.170 e. The number of amidine groups is 1. The first kappa shape index (κ1) is 14.9. The number of hydrogen-bond acceptors (Lipinski definition) is 4. The van der Waals surface area contributed by atoms with Gasteiger partial charge in [-0.05, 0) is 39.0 Å². The van der Waals surface area contributed by atoms with E-state index in [0.717, 1.165) is 18.8 Å². The summed E-state index contributed by atoms with van der Waals surface area (Å²) in [6.07, 6.45) is 0.138. The predicted molar refractivity (Wildman–Crippen MR) is 80.8 cm³/mol. The largest absolute Gasteiger partial charge is 0.409 e. The fraction of sp³-hybridized carbons (Fsp3) is 0.500. The Balaban J connectivity index is 2.29. The van der Waals surface area contributed by atoms with Crippen molar-refractivity contribution in [2.75, 3.05) is 18.0 Å². The molecule has 6 heteroatoms. The van der Waals surface area contributed by atoms with Crippen LogP contribution in [0.3, 0.4) is 0 Å². The molecule has 5 nitrogen and oxygen atoms in total. The SMILES string of the molecule is CC1CN(c2ccc(C(N)=NO)cc2Cl)CC(C)(C)O1. The first-order valence-corrected chi connectivity index (χ1v) is 6.90. The molecule has 0 amide bonds. The van der Waals surface area contributed by atoms with E-state index in [0.29, 0.717) is 10.6 Å². The molecule has 1 fully saturated rings. The zero-order valence-electron chi connectivity index (χ0n) is 11.9. The monoisotopic (exact) mass is 297 g/mol. The Hall–Kier alpha value is -1.46. The second-order valence-electron chi connectivity index (χ2n) is 5.72. The van der Waals surface area contributed by atoms with Gasteiger partial charge < -0.3 is 20.6 Å². The minimum Gasteiger partial charge on any atom is -0.409 e. The number of oxime groups is 1. The Labute approximate surface area is 124 Å². The number of nitrogens with zero attached hydrogens (tertiary/aromatic N) is 2. The molecule has 1 atom stereocenters. The summed E-state index contributed by atoms with van der Waals surface area (Å²) in [6, 6.07) is 5.40. The Morgan fingerprint density at radius 2 is 2.25 bits per heavy atom.